The van der Waals surface area contributed by atoms with Gasteiger partial charge in [-0.2, -0.15) is 0 Å². The molecule has 1 aliphatic rings. The molecule has 0 heterocycles. The molecule has 18 heavy (non-hydrogen) atoms. The van der Waals surface area contributed by atoms with Crippen LogP contribution in [0.15, 0.2) is 24.5 Å². The van der Waals surface area contributed by atoms with Crippen molar-refractivity contribution in [2.75, 3.05) is 0 Å². The second-order valence-corrected chi connectivity index (χ2v) is 5.24. The molecule has 1 saturated carbocycles. The molecule has 2 rings (SSSR count). The lowest BCUT2D eigenvalue weighted by molar-refractivity contribution is -0.119. The molecule has 5 heteroatoms. The molecule has 96 valence electrons. The maximum absolute atomic E-state index is 11.7. The Kier molecular flexibility index (Phi) is 3.83. The minimum Gasteiger partial charge on any atom is -0.386 e. The summed E-state index contributed by atoms with van der Waals surface area (Å²) in [6.07, 6.45) is 2.40. The van der Waals surface area contributed by atoms with Crippen molar-refractivity contribution in [3.05, 3.63) is 45.7 Å². The smallest absolute Gasteiger partial charge is 0.229 e. The molecule has 3 N–H and O–H groups in total. The second kappa shape index (κ2) is 5.21. The third-order valence-electron chi connectivity index (χ3n) is 2.87. The predicted molar refractivity (Wildman–Crippen MR) is 73.6 cm³/mol. The van der Waals surface area contributed by atoms with E-state index in [1.54, 1.807) is 6.07 Å². The number of carbonyl (C=O) groups excluding carboxylic acids is 1. The highest BCUT2D eigenvalue weighted by molar-refractivity contribution is 6.36. The van der Waals surface area contributed by atoms with Gasteiger partial charge in [0.25, 0.3) is 0 Å². The molecule has 3 nitrogen and oxygen atoms in total. The van der Waals surface area contributed by atoms with Crippen LogP contribution in [0, 0.1) is 0 Å². The van der Waals surface area contributed by atoms with Crippen LogP contribution in [-0.4, -0.2) is 5.91 Å². The highest BCUT2D eigenvalue weighted by Crippen LogP contribution is 2.45. The normalized spacial score (nSPS) is 14.3. The van der Waals surface area contributed by atoms with Crippen molar-refractivity contribution in [3.63, 3.8) is 0 Å². The first kappa shape index (κ1) is 13.2. The van der Waals surface area contributed by atoms with E-state index in [2.05, 4.69) is 11.9 Å². The van der Waals surface area contributed by atoms with Crippen LogP contribution in [0.25, 0.3) is 0 Å². The molecule has 1 fully saturated rings. The van der Waals surface area contributed by atoms with Gasteiger partial charge in [-0.1, -0.05) is 35.8 Å². The number of halogens is 2. The van der Waals surface area contributed by atoms with Crippen molar-refractivity contribution < 1.29 is 4.79 Å². The Bertz CT molecular complexity index is 510. The molecule has 0 radical (unpaired) electrons. The van der Waals surface area contributed by atoms with Crippen LogP contribution in [0.2, 0.25) is 10.0 Å². The Balaban J connectivity index is 2.23. The third-order valence-corrected chi connectivity index (χ3v) is 3.67. The molecule has 1 aromatic carbocycles. The highest BCUT2D eigenvalue weighted by Gasteiger charge is 2.27. The van der Waals surface area contributed by atoms with Gasteiger partial charge in [-0.3, -0.25) is 4.79 Å². The van der Waals surface area contributed by atoms with Crippen molar-refractivity contribution in [1.29, 1.82) is 0 Å². The van der Waals surface area contributed by atoms with Crippen molar-refractivity contribution in [2.45, 2.75) is 25.2 Å². The summed E-state index contributed by atoms with van der Waals surface area (Å²) < 4.78 is 0. The average Bonchev–Trinajstić information content (AvgIpc) is 3.07. The fourth-order valence-electron chi connectivity index (χ4n) is 1.87. The molecule has 1 amide bonds. The van der Waals surface area contributed by atoms with Crippen molar-refractivity contribution in [3.8, 4) is 0 Å². The number of carbonyl (C=O) groups is 1. The largest absolute Gasteiger partial charge is 0.386 e. The highest BCUT2D eigenvalue weighted by atomic mass is 35.5. The van der Waals surface area contributed by atoms with E-state index in [0.29, 0.717) is 21.5 Å². The fourth-order valence-corrected chi connectivity index (χ4v) is 2.53. The standard InChI is InChI=1S/C13H14Cl2N2O/c1-7(16)17-12(18)6-10-11(14)5-4-9(13(10)15)8-2-3-8/h4-5,8H,1-3,6,16H2,(H,17,18). The molecule has 1 aromatic rings. The Morgan fingerprint density at radius 3 is 2.67 bits per heavy atom. The first-order valence-electron chi connectivity index (χ1n) is 5.70. The number of benzene rings is 1. The quantitative estimate of drug-likeness (QED) is 0.893. The first-order valence-corrected chi connectivity index (χ1v) is 6.45. The van der Waals surface area contributed by atoms with Crippen LogP contribution in [0.3, 0.4) is 0 Å². The van der Waals surface area contributed by atoms with Crippen LogP contribution >= 0.6 is 23.2 Å². The van der Waals surface area contributed by atoms with Crippen LogP contribution < -0.4 is 11.1 Å². The van der Waals surface area contributed by atoms with Gasteiger partial charge >= 0.3 is 0 Å². The molecule has 0 aliphatic heterocycles. The third kappa shape index (κ3) is 2.98. The lowest BCUT2D eigenvalue weighted by Crippen LogP contribution is -2.28. The number of hydrogen-bond acceptors (Lipinski definition) is 2. The summed E-state index contributed by atoms with van der Waals surface area (Å²) in [4.78, 5) is 11.7. The van der Waals surface area contributed by atoms with Crippen LogP contribution in [0.1, 0.15) is 29.9 Å². The molecule has 0 aromatic heterocycles. The van der Waals surface area contributed by atoms with Crippen molar-refractivity contribution in [1.82, 2.24) is 5.32 Å². The molecule has 1 aliphatic carbocycles. The van der Waals surface area contributed by atoms with Crippen molar-refractivity contribution in [2.24, 2.45) is 5.73 Å². The minimum atomic E-state index is -0.265. The van der Waals surface area contributed by atoms with Gasteiger partial charge in [-0.25, -0.2) is 0 Å². The lowest BCUT2D eigenvalue weighted by Gasteiger charge is -2.11. The molecular weight excluding hydrogens is 271 g/mol. The number of nitrogens with two attached hydrogens (primary N) is 1. The van der Waals surface area contributed by atoms with Gasteiger partial charge in [0, 0.05) is 10.0 Å². The average molecular weight is 285 g/mol. The molecule has 0 bridgehead atoms. The van der Waals surface area contributed by atoms with Crippen LogP contribution in [0.4, 0.5) is 0 Å². The van der Waals surface area contributed by atoms with E-state index in [1.807, 2.05) is 6.07 Å². The number of rotatable bonds is 4. The monoisotopic (exact) mass is 284 g/mol. The molecular formula is C13H14Cl2N2O. The van der Waals surface area contributed by atoms with Crippen molar-refractivity contribution >= 4 is 29.1 Å². The van der Waals surface area contributed by atoms with Gasteiger partial charge in [0.2, 0.25) is 5.91 Å². The Hall–Kier alpha value is -1.19. The zero-order valence-electron chi connectivity index (χ0n) is 9.80. The van der Waals surface area contributed by atoms with E-state index in [0.717, 1.165) is 18.4 Å². The fraction of sp³-hybridized carbons (Fsp3) is 0.308. The SMILES string of the molecule is C=C(N)NC(=O)Cc1c(Cl)ccc(C2CC2)c1Cl. The maximum atomic E-state index is 11.7. The number of hydrogen-bond donors (Lipinski definition) is 2. The summed E-state index contributed by atoms with van der Waals surface area (Å²) >= 11 is 12.4. The first-order chi connectivity index (χ1) is 8.49. The Morgan fingerprint density at radius 2 is 2.11 bits per heavy atom. The van der Waals surface area contributed by atoms with Gasteiger partial charge in [0.05, 0.1) is 12.2 Å². The minimum absolute atomic E-state index is 0.106. The summed E-state index contributed by atoms with van der Waals surface area (Å²) in [7, 11) is 0. The zero-order valence-corrected chi connectivity index (χ0v) is 11.3. The van der Waals surface area contributed by atoms with Crippen LogP contribution in [-0.2, 0) is 11.2 Å². The van der Waals surface area contributed by atoms with E-state index in [-0.39, 0.29) is 18.1 Å². The summed E-state index contributed by atoms with van der Waals surface area (Å²) in [6, 6.07) is 3.73. The molecule has 0 unspecified atom stereocenters. The summed E-state index contributed by atoms with van der Waals surface area (Å²) in [5, 5.41) is 3.54. The topological polar surface area (TPSA) is 55.1 Å². The molecule has 0 atom stereocenters. The van der Waals surface area contributed by atoms with E-state index >= 15 is 0 Å². The van der Waals surface area contributed by atoms with Crippen LogP contribution in [0.5, 0.6) is 0 Å². The summed E-state index contributed by atoms with van der Waals surface area (Å²) in [6.45, 7) is 3.42. The molecule has 0 saturated heterocycles. The van der Waals surface area contributed by atoms with E-state index in [4.69, 9.17) is 28.9 Å². The lowest BCUT2D eigenvalue weighted by atomic mass is 10.0. The Labute approximate surface area is 116 Å². The summed E-state index contributed by atoms with van der Waals surface area (Å²) in [5.41, 5.74) is 7.05. The van der Waals surface area contributed by atoms with Gasteiger partial charge in [0.1, 0.15) is 0 Å². The van der Waals surface area contributed by atoms with E-state index in [9.17, 15) is 4.79 Å². The van der Waals surface area contributed by atoms with Gasteiger partial charge in [0.15, 0.2) is 0 Å². The molecule has 0 spiro atoms. The number of amides is 1. The predicted octanol–water partition coefficient (Wildman–Crippen LogP) is 2.96. The number of nitrogens with one attached hydrogen (secondary N) is 1. The Morgan fingerprint density at radius 1 is 1.44 bits per heavy atom. The van der Waals surface area contributed by atoms with E-state index < -0.39 is 0 Å². The van der Waals surface area contributed by atoms with Gasteiger partial charge in [-0.05, 0) is 36.0 Å². The van der Waals surface area contributed by atoms with E-state index in [1.165, 1.54) is 0 Å². The second-order valence-electron chi connectivity index (χ2n) is 4.45. The van der Waals surface area contributed by atoms with Gasteiger partial charge < -0.3 is 11.1 Å². The maximum Gasteiger partial charge on any atom is 0.229 e. The van der Waals surface area contributed by atoms with Gasteiger partial charge in [-0.15, -0.1) is 0 Å². The zero-order chi connectivity index (χ0) is 13.3. The summed E-state index contributed by atoms with van der Waals surface area (Å²) in [5.74, 6) is 0.367.